The van der Waals surface area contributed by atoms with Crippen molar-refractivity contribution in [1.29, 1.82) is 0 Å². The van der Waals surface area contributed by atoms with Gasteiger partial charge in [0.05, 0.1) is 19.2 Å². The molecule has 0 saturated heterocycles. The first-order valence-corrected chi connectivity index (χ1v) is 5.91. The van der Waals surface area contributed by atoms with Crippen molar-refractivity contribution in [3.8, 4) is 0 Å². The molecule has 2 aromatic rings. The summed E-state index contributed by atoms with van der Waals surface area (Å²) in [4.78, 5) is 11.5. The zero-order valence-electron chi connectivity index (χ0n) is 8.67. The molecule has 0 aromatic carbocycles. The van der Waals surface area contributed by atoms with Gasteiger partial charge >= 0.3 is 0 Å². The van der Waals surface area contributed by atoms with Gasteiger partial charge < -0.3 is 5.32 Å². The summed E-state index contributed by atoms with van der Waals surface area (Å²) in [5, 5.41) is 14.3. The second-order valence-corrected chi connectivity index (χ2v) is 4.10. The van der Waals surface area contributed by atoms with Gasteiger partial charge in [-0.2, -0.15) is 11.3 Å². The zero-order chi connectivity index (χ0) is 11.2. The van der Waals surface area contributed by atoms with Crippen LogP contribution in [-0.4, -0.2) is 27.4 Å². The molecule has 1 amide bonds. The fourth-order valence-electron chi connectivity index (χ4n) is 1.30. The molecule has 0 fully saturated rings. The highest BCUT2D eigenvalue weighted by molar-refractivity contribution is 7.07. The number of rotatable bonds is 5. The summed E-state index contributed by atoms with van der Waals surface area (Å²) in [6.07, 6.45) is 3.83. The van der Waals surface area contributed by atoms with Gasteiger partial charge in [0.1, 0.15) is 0 Å². The van der Waals surface area contributed by atoms with Gasteiger partial charge in [0.25, 0.3) is 0 Å². The Bertz CT molecular complexity index is 424. The summed E-state index contributed by atoms with van der Waals surface area (Å²) in [5.74, 6) is 0.0403. The average Bonchev–Trinajstić information content (AvgIpc) is 2.90. The van der Waals surface area contributed by atoms with E-state index in [-0.39, 0.29) is 5.91 Å². The first-order chi connectivity index (χ1) is 7.84. The van der Waals surface area contributed by atoms with Gasteiger partial charge in [-0.05, 0) is 22.4 Å². The third-order valence-electron chi connectivity index (χ3n) is 2.08. The highest BCUT2D eigenvalue weighted by atomic mass is 32.1. The van der Waals surface area contributed by atoms with Crippen LogP contribution in [0.25, 0.3) is 0 Å². The van der Waals surface area contributed by atoms with Crippen LogP contribution in [0.5, 0.6) is 0 Å². The van der Waals surface area contributed by atoms with Crippen LogP contribution in [0.3, 0.4) is 0 Å². The summed E-state index contributed by atoms with van der Waals surface area (Å²) in [7, 11) is 0. The number of carbonyl (C=O) groups excluding carboxylic acids is 1. The lowest BCUT2D eigenvalue weighted by molar-refractivity contribution is -0.120. The topological polar surface area (TPSA) is 59.8 Å². The Kier molecular flexibility index (Phi) is 3.66. The molecular weight excluding hydrogens is 224 g/mol. The molecular formula is C10H12N4OS. The molecule has 6 heteroatoms. The van der Waals surface area contributed by atoms with Gasteiger partial charge in [0.15, 0.2) is 0 Å². The van der Waals surface area contributed by atoms with E-state index in [2.05, 4.69) is 15.6 Å². The van der Waals surface area contributed by atoms with E-state index in [0.717, 1.165) is 5.56 Å². The lowest BCUT2D eigenvalue weighted by Gasteiger charge is -2.03. The minimum atomic E-state index is 0.0403. The molecule has 0 bridgehead atoms. The molecule has 0 atom stereocenters. The van der Waals surface area contributed by atoms with Crippen LogP contribution in [0.4, 0.5) is 0 Å². The van der Waals surface area contributed by atoms with Crippen LogP contribution in [0.15, 0.2) is 29.2 Å². The van der Waals surface area contributed by atoms with Crippen molar-refractivity contribution in [1.82, 2.24) is 20.3 Å². The highest BCUT2D eigenvalue weighted by Crippen LogP contribution is 2.05. The molecule has 2 heterocycles. The normalized spacial score (nSPS) is 10.2. The van der Waals surface area contributed by atoms with Gasteiger partial charge in [0, 0.05) is 12.7 Å². The molecule has 16 heavy (non-hydrogen) atoms. The quantitative estimate of drug-likeness (QED) is 0.831. The molecule has 0 radical (unpaired) electrons. The predicted molar refractivity (Wildman–Crippen MR) is 61.1 cm³/mol. The van der Waals surface area contributed by atoms with Crippen LogP contribution >= 0.6 is 11.3 Å². The lowest BCUT2D eigenvalue weighted by Crippen LogP contribution is -2.28. The van der Waals surface area contributed by atoms with Crippen molar-refractivity contribution < 1.29 is 4.79 Å². The van der Waals surface area contributed by atoms with Crippen molar-refractivity contribution in [2.24, 2.45) is 0 Å². The molecule has 0 unspecified atom stereocenters. The molecule has 5 nitrogen and oxygen atoms in total. The number of thiophene rings is 1. The third-order valence-corrected chi connectivity index (χ3v) is 2.81. The Hall–Kier alpha value is -1.69. The van der Waals surface area contributed by atoms with Gasteiger partial charge in [0.2, 0.25) is 5.91 Å². The number of aromatic nitrogens is 3. The van der Waals surface area contributed by atoms with E-state index < -0.39 is 0 Å². The van der Waals surface area contributed by atoms with Crippen molar-refractivity contribution in [2.75, 3.05) is 6.54 Å². The number of hydrogen-bond acceptors (Lipinski definition) is 4. The van der Waals surface area contributed by atoms with Crippen LogP contribution in [0, 0.1) is 0 Å². The SMILES string of the molecule is O=C(Cc1ccsc1)NCCn1ccnn1. The third kappa shape index (κ3) is 3.16. The lowest BCUT2D eigenvalue weighted by atomic mass is 10.2. The summed E-state index contributed by atoms with van der Waals surface area (Å²) >= 11 is 1.60. The Morgan fingerprint density at radius 2 is 2.50 bits per heavy atom. The fraction of sp³-hybridized carbons (Fsp3) is 0.300. The molecule has 1 N–H and O–H groups in total. The molecule has 0 saturated carbocycles. The monoisotopic (exact) mass is 236 g/mol. The standard InChI is InChI=1S/C10H12N4OS/c15-10(7-9-1-6-16-8-9)11-2-4-14-5-3-12-13-14/h1,3,5-6,8H,2,4,7H2,(H,11,15). The fourth-order valence-corrected chi connectivity index (χ4v) is 1.97. The van der Waals surface area contributed by atoms with E-state index in [1.807, 2.05) is 16.8 Å². The number of carbonyl (C=O) groups is 1. The van der Waals surface area contributed by atoms with Crippen LogP contribution in [0.2, 0.25) is 0 Å². The number of nitrogens with zero attached hydrogens (tertiary/aromatic N) is 3. The molecule has 2 aromatic heterocycles. The molecule has 0 aliphatic rings. The molecule has 84 valence electrons. The Morgan fingerprint density at radius 3 is 3.19 bits per heavy atom. The second kappa shape index (κ2) is 5.41. The number of nitrogens with one attached hydrogen (secondary N) is 1. The largest absolute Gasteiger partial charge is 0.354 e. The van der Waals surface area contributed by atoms with Gasteiger partial charge in [-0.25, -0.2) is 0 Å². The van der Waals surface area contributed by atoms with E-state index in [0.29, 0.717) is 19.5 Å². The van der Waals surface area contributed by atoms with E-state index in [4.69, 9.17) is 0 Å². The van der Waals surface area contributed by atoms with Crippen LogP contribution in [-0.2, 0) is 17.8 Å². The summed E-state index contributed by atoms with van der Waals surface area (Å²) in [6, 6.07) is 1.96. The van der Waals surface area contributed by atoms with E-state index >= 15 is 0 Å². The summed E-state index contributed by atoms with van der Waals surface area (Å²) in [6.45, 7) is 1.22. The van der Waals surface area contributed by atoms with Crippen molar-refractivity contribution >= 4 is 17.2 Å². The highest BCUT2D eigenvalue weighted by Gasteiger charge is 2.02. The maximum absolute atomic E-state index is 11.5. The molecule has 0 spiro atoms. The van der Waals surface area contributed by atoms with Crippen molar-refractivity contribution in [3.05, 3.63) is 34.8 Å². The molecule has 0 aliphatic carbocycles. The van der Waals surface area contributed by atoms with Crippen LogP contribution < -0.4 is 5.32 Å². The molecule has 2 rings (SSSR count). The number of hydrogen-bond donors (Lipinski definition) is 1. The first kappa shape index (κ1) is 10.8. The van der Waals surface area contributed by atoms with Crippen molar-refractivity contribution in [3.63, 3.8) is 0 Å². The number of amides is 1. The maximum Gasteiger partial charge on any atom is 0.224 e. The zero-order valence-corrected chi connectivity index (χ0v) is 9.48. The smallest absolute Gasteiger partial charge is 0.224 e. The Morgan fingerprint density at radius 1 is 1.56 bits per heavy atom. The predicted octanol–water partition coefficient (Wildman–Crippen LogP) is 0.698. The minimum Gasteiger partial charge on any atom is -0.354 e. The minimum absolute atomic E-state index is 0.0403. The Labute approximate surface area is 97.1 Å². The Balaban J connectivity index is 1.68. The average molecular weight is 236 g/mol. The van der Waals surface area contributed by atoms with Gasteiger partial charge in [-0.3, -0.25) is 9.48 Å². The van der Waals surface area contributed by atoms with E-state index in [1.54, 1.807) is 28.4 Å². The molecule has 0 aliphatic heterocycles. The van der Waals surface area contributed by atoms with Crippen LogP contribution in [0.1, 0.15) is 5.56 Å². The van der Waals surface area contributed by atoms with E-state index in [1.165, 1.54) is 0 Å². The first-order valence-electron chi connectivity index (χ1n) is 4.96. The van der Waals surface area contributed by atoms with Gasteiger partial charge in [-0.1, -0.05) is 5.21 Å². The summed E-state index contributed by atoms with van der Waals surface area (Å²) < 4.78 is 1.69. The second-order valence-electron chi connectivity index (χ2n) is 3.32. The van der Waals surface area contributed by atoms with Gasteiger partial charge in [-0.15, -0.1) is 5.10 Å². The van der Waals surface area contributed by atoms with E-state index in [9.17, 15) is 4.79 Å². The maximum atomic E-state index is 11.5. The van der Waals surface area contributed by atoms with Crippen molar-refractivity contribution in [2.45, 2.75) is 13.0 Å². The summed E-state index contributed by atoms with van der Waals surface area (Å²) in [5.41, 5.74) is 1.06.